The van der Waals surface area contributed by atoms with E-state index in [1.807, 2.05) is 44.3 Å². The van der Waals surface area contributed by atoms with Crippen LogP contribution in [-0.2, 0) is 4.74 Å². The fraction of sp³-hybridized carbons (Fsp3) is 0.167. The zero-order valence-corrected chi connectivity index (χ0v) is 13.6. The first-order valence-corrected chi connectivity index (χ1v) is 7.64. The number of nitrogens with zero attached hydrogens (tertiary/aromatic N) is 1. The maximum atomic E-state index is 8.07. The van der Waals surface area contributed by atoms with Crippen molar-refractivity contribution in [2.24, 2.45) is 5.92 Å². The van der Waals surface area contributed by atoms with Crippen molar-refractivity contribution in [3.05, 3.63) is 48.3 Å². The minimum absolute atomic E-state index is 0.0264. The number of hydrogen-bond acceptors (Lipinski definition) is 5. The van der Waals surface area contributed by atoms with E-state index in [0.717, 1.165) is 22.0 Å². The summed E-state index contributed by atoms with van der Waals surface area (Å²) < 4.78 is 5.27. The second kappa shape index (κ2) is 6.16. The van der Waals surface area contributed by atoms with E-state index >= 15 is 0 Å². The van der Waals surface area contributed by atoms with Crippen molar-refractivity contribution < 1.29 is 4.74 Å². The first-order chi connectivity index (χ1) is 11.5. The van der Waals surface area contributed by atoms with Gasteiger partial charge in [-0.3, -0.25) is 10.8 Å². The number of nitrogen functional groups attached to an aromatic ring is 1. The Morgan fingerprint density at radius 2 is 1.96 bits per heavy atom. The van der Waals surface area contributed by atoms with E-state index in [1.165, 1.54) is 0 Å². The summed E-state index contributed by atoms with van der Waals surface area (Å²) in [4.78, 5) is 7.33. The number of aromatic amines is 1. The monoisotopic (exact) mass is 321 g/mol. The fourth-order valence-corrected chi connectivity index (χ4v) is 2.33. The Morgan fingerprint density at radius 3 is 2.71 bits per heavy atom. The predicted molar refractivity (Wildman–Crippen MR) is 96.4 cm³/mol. The van der Waals surface area contributed by atoms with E-state index in [9.17, 15) is 0 Å². The first kappa shape index (κ1) is 15.7. The van der Waals surface area contributed by atoms with Crippen molar-refractivity contribution in [3.63, 3.8) is 0 Å². The highest BCUT2D eigenvalue weighted by atomic mass is 16.5. The number of aromatic nitrogens is 2. The van der Waals surface area contributed by atoms with Gasteiger partial charge in [0.25, 0.3) is 0 Å². The van der Waals surface area contributed by atoms with Crippen LogP contribution in [0.3, 0.4) is 0 Å². The zero-order chi connectivity index (χ0) is 17.3. The van der Waals surface area contributed by atoms with E-state index in [0.29, 0.717) is 5.56 Å². The molecule has 2 aromatic heterocycles. The standard InChI is InChI=1S/C18H19N5O/c1-10(2)17(20)24-18(21)14-8-13(9-23-16(14)19)11-3-4-15-12(7-11)5-6-22-15/h3-10,20-22H,1-2H3,(H2,19,23). The molecule has 0 bridgehead atoms. The Bertz CT molecular complexity index is 926. The molecule has 5 N–H and O–H groups in total. The van der Waals surface area contributed by atoms with Crippen LogP contribution in [0.1, 0.15) is 19.4 Å². The number of rotatable bonds is 3. The number of benzene rings is 1. The largest absolute Gasteiger partial charge is 0.425 e. The van der Waals surface area contributed by atoms with Crippen molar-refractivity contribution >= 4 is 28.5 Å². The molecule has 3 aromatic rings. The molecule has 24 heavy (non-hydrogen) atoms. The summed E-state index contributed by atoms with van der Waals surface area (Å²) in [5, 5.41) is 16.9. The molecule has 1 aromatic carbocycles. The van der Waals surface area contributed by atoms with Gasteiger partial charge in [0.15, 0.2) is 5.90 Å². The molecule has 122 valence electrons. The molecule has 0 fully saturated rings. The first-order valence-electron chi connectivity index (χ1n) is 7.64. The molecule has 6 nitrogen and oxygen atoms in total. The van der Waals surface area contributed by atoms with Crippen LogP contribution < -0.4 is 5.73 Å². The van der Waals surface area contributed by atoms with Gasteiger partial charge in [0.05, 0.1) is 5.56 Å². The van der Waals surface area contributed by atoms with Gasteiger partial charge in [-0.05, 0) is 35.2 Å². The Kier molecular flexibility index (Phi) is 4.04. The molecule has 0 aliphatic heterocycles. The molecule has 3 rings (SSSR count). The maximum Gasteiger partial charge on any atom is 0.224 e. The molecule has 0 radical (unpaired) electrons. The lowest BCUT2D eigenvalue weighted by Crippen LogP contribution is -2.18. The van der Waals surface area contributed by atoms with Crippen LogP contribution in [0.5, 0.6) is 0 Å². The average Bonchev–Trinajstić information content (AvgIpc) is 3.02. The van der Waals surface area contributed by atoms with Crippen LogP contribution in [0.2, 0.25) is 0 Å². The summed E-state index contributed by atoms with van der Waals surface area (Å²) in [7, 11) is 0. The number of pyridine rings is 1. The maximum absolute atomic E-state index is 8.07. The number of anilines is 1. The molecule has 0 amide bonds. The summed E-state index contributed by atoms with van der Waals surface area (Å²) in [6.07, 6.45) is 3.57. The molecule has 0 spiro atoms. The average molecular weight is 321 g/mol. The number of ether oxygens (including phenoxy) is 1. The Hall–Kier alpha value is -3.15. The van der Waals surface area contributed by atoms with Crippen molar-refractivity contribution in [1.82, 2.24) is 9.97 Å². The predicted octanol–water partition coefficient (Wildman–Crippen LogP) is 3.79. The third-order valence-electron chi connectivity index (χ3n) is 3.79. The lowest BCUT2D eigenvalue weighted by molar-refractivity contribution is 0.491. The van der Waals surface area contributed by atoms with Crippen LogP contribution in [-0.4, -0.2) is 21.8 Å². The lowest BCUT2D eigenvalue weighted by atomic mass is 10.0. The summed E-state index contributed by atoms with van der Waals surface area (Å²) in [6.45, 7) is 3.67. The second-order valence-corrected chi connectivity index (χ2v) is 5.89. The number of fused-ring (bicyclic) bond motifs is 1. The molecule has 0 aliphatic rings. The van der Waals surface area contributed by atoms with Gasteiger partial charge in [0.1, 0.15) is 5.82 Å². The normalized spacial score (nSPS) is 11.0. The number of nitrogens with two attached hydrogens (primary N) is 1. The van der Waals surface area contributed by atoms with Crippen molar-refractivity contribution in [2.45, 2.75) is 13.8 Å². The van der Waals surface area contributed by atoms with Crippen LogP contribution in [0.4, 0.5) is 5.82 Å². The minimum atomic E-state index is -0.164. The number of H-pyrrole nitrogens is 1. The fourth-order valence-electron chi connectivity index (χ4n) is 2.33. The number of nitrogens with one attached hydrogen (secondary N) is 3. The molecule has 0 saturated carbocycles. The van der Waals surface area contributed by atoms with Crippen molar-refractivity contribution in [1.29, 1.82) is 10.8 Å². The molecule has 2 heterocycles. The summed E-state index contributed by atoms with van der Waals surface area (Å²) in [6, 6.07) is 9.79. The molecular formula is C18H19N5O. The van der Waals surface area contributed by atoms with Gasteiger partial charge < -0.3 is 15.5 Å². The van der Waals surface area contributed by atoms with Gasteiger partial charge in [-0.15, -0.1) is 0 Å². The van der Waals surface area contributed by atoms with Gasteiger partial charge in [0, 0.05) is 29.4 Å². The number of hydrogen-bond donors (Lipinski definition) is 4. The third-order valence-corrected chi connectivity index (χ3v) is 3.79. The quantitative estimate of drug-likeness (QED) is 0.435. The van der Waals surface area contributed by atoms with Crippen molar-refractivity contribution in [3.8, 4) is 11.1 Å². The van der Waals surface area contributed by atoms with Gasteiger partial charge in [0.2, 0.25) is 5.90 Å². The highest BCUT2D eigenvalue weighted by Crippen LogP contribution is 2.26. The van der Waals surface area contributed by atoms with E-state index in [2.05, 4.69) is 9.97 Å². The minimum Gasteiger partial charge on any atom is -0.425 e. The Balaban J connectivity index is 1.96. The van der Waals surface area contributed by atoms with E-state index in [1.54, 1.807) is 12.3 Å². The second-order valence-electron chi connectivity index (χ2n) is 5.89. The van der Waals surface area contributed by atoms with Gasteiger partial charge >= 0.3 is 0 Å². The summed E-state index contributed by atoms with van der Waals surface area (Å²) in [5.74, 6) is -0.0245. The highest BCUT2D eigenvalue weighted by molar-refractivity contribution is 6.03. The van der Waals surface area contributed by atoms with Crippen LogP contribution in [0.25, 0.3) is 22.0 Å². The third kappa shape index (κ3) is 2.99. The topological polar surface area (TPSA) is 112 Å². The van der Waals surface area contributed by atoms with Gasteiger partial charge in [-0.1, -0.05) is 19.9 Å². The van der Waals surface area contributed by atoms with Gasteiger partial charge in [-0.2, -0.15) is 0 Å². The van der Waals surface area contributed by atoms with Crippen LogP contribution in [0.15, 0.2) is 42.7 Å². The molecule has 0 saturated heterocycles. The Labute approximate surface area is 139 Å². The molecule has 0 unspecified atom stereocenters. The van der Waals surface area contributed by atoms with Crippen LogP contribution >= 0.6 is 0 Å². The highest BCUT2D eigenvalue weighted by Gasteiger charge is 2.15. The molecule has 6 heteroatoms. The van der Waals surface area contributed by atoms with E-state index in [-0.39, 0.29) is 23.5 Å². The zero-order valence-electron chi connectivity index (χ0n) is 13.6. The lowest BCUT2D eigenvalue weighted by Gasteiger charge is -2.12. The smallest absolute Gasteiger partial charge is 0.224 e. The van der Waals surface area contributed by atoms with Crippen molar-refractivity contribution in [2.75, 3.05) is 5.73 Å². The van der Waals surface area contributed by atoms with E-state index in [4.69, 9.17) is 21.3 Å². The molecule has 0 atom stereocenters. The molecule has 0 aliphatic carbocycles. The SMILES string of the molecule is CC(C)C(=N)OC(=N)c1cc(-c2ccc3[nH]ccc3c2)cnc1N. The molecular weight excluding hydrogens is 302 g/mol. The van der Waals surface area contributed by atoms with E-state index < -0.39 is 0 Å². The summed E-state index contributed by atoms with van der Waals surface area (Å²) >= 11 is 0. The Morgan fingerprint density at radius 1 is 1.17 bits per heavy atom. The summed E-state index contributed by atoms with van der Waals surface area (Å²) in [5.41, 5.74) is 9.14. The van der Waals surface area contributed by atoms with Gasteiger partial charge in [-0.25, -0.2) is 4.98 Å². The van der Waals surface area contributed by atoms with Crippen LogP contribution in [0, 0.1) is 16.7 Å².